The Kier molecular flexibility index (Phi) is 3.10. The number of nitrogens with zero attached hydrogens (tertiary/aromatic N) is 1. The van der Waals surface area contributed by atoms with Crippen molar-refractivity contribution in [3.63, 3.8) is 0 Å². The van der Waals surface area contributed by atoms with Gasteiger partial charge in [0.25, 0.3) is 0 Å². The second kappa shape index (κ2) is 4.75. The van der Waals surface area contributed by atoms with Gasteiger partial charge in [-0.1, -0.05) is 18.2 Å². The summed E-state index contributed by atoms with van der Waals surface area (Å²) in [6, 6.07) is 11.1. The smallest absolute Gasteiger partial charge is 0.134 e. The minimum Gasteiger partial charge on any atom is -0.459 e. The predicted molar refractivity (Wildman–Crippen MR) is 73.4 cm³/mol. The van der Waals surface area contributed by atoms with Crippen molar-refractivity contribution < 1.29 is 4.42 Å². The summed E-state index contributed by atoms with van der Waals surface area (Å²) in [4.78, 5) is 2.46. The first-order chi connectivity index (χ1) is 8.74. The topological polar surface area (TPSA) is 42.4 Å². The second-order valence-corrected chi connectivity index (χ2v) is 5.24. The zero-order valence-electron chi connectivity index (χ0n) is 10.8. The lowest BCUT2D eigenvalue weighted by molar-refractivity contribution is 0.149. The van der Waals surface area contributed by atoms with Gasteiger partial charge in [-0.25, -0.2) is 0 Å². The Morgan fingerprint density at radius 1 is 1.28 bits per heavy atom. The van der Waals surface area contributed by atoms with E-state index < -0.39 is 0 Å². The van der Waals surface area contributed by atoms with Crippen molar-refractivity contribution in [1.82, 2.24) is 4.90 Å². The average molecular weight is 244 g/mol. The highest BCUT2D eigenvalue weighted by Gasteiger charge is 2.23. The maximum absolute atomic E-state index is 5.95. The van der Waals surface area contributed by atoms with E-state index in [1.54, 1.807) is 0 Å². The van der Waals surface area contributed by atoms with E-state index in [-0.39, 0.29) is 0 Å². The average Bonchev–Trinajstić information content (AvgIpc) is 2.82. The molecular formula is C15H20N2O. The fourth-order valence-corrected chi connectivity index (χ4v) is 2.69. The van der Waals surface area contributed by atoms with Crippen molar-refractivity contribution in [2.24, 2.45) is 5.73 Å². The van der Waals surface area contributed by atoms with Crippen molar-refractivity contribution in [1.29, 1.82) is 0 Å². The summed E-state index contributed by atoms with van der Waals surface area (Å²) in [6.45, 7) is 4.35. The number of nitrogens with two attached hydrogens (primary N) is 1. The zero-order chi connectivity index (χ0) is 12.5. The van der Waals surface area contributed by atoms with Crippen LogP contribution in [0.5, 0.6) is 0 Å². The zero-order valence-corrected chi connectivity index (χ0v) is 10.8. The third-order valence-electron chi connectivity index (χ3n) is 3.98. The Morgan fingerprint density at radius 2 is 2.00 bits per heavy atom. The van der Waals surface area contributed by atoms with Gasteiger partial charge in [-0.2, -0.15) is 0 Å². The monoisotopic (exact) mass is 244 g/mol. The van der Waals surface area contributed by atoms with Crippen LogP contribution in [0.4, 0.5) is 0 Å². The highest BCUT2D eigenvalue weighted by molar-refractivity contribution is 5.77. The number of para-hydroxylation sites is 1. The van der Waals surface area contributed by atoms with Crippen molar-refractivity contribution in [3.8, 4) is 0 Å². The number of hydrogen-bond donors (Lipinski definition) is 1. The molecule has 0 aliphatic carbocycles. The third kappa shape index (κ3) is 2.16. The van der Waals surface area contributed by atoms with Crippen LogP contribution >= 0.6 is 0 Å². The molecular weight excluding hydrogens is 224 g/mol. The maximum atomic E-state index is 5.95. The molecule has 1 unspecified atom stereocenters. The van der Waals surface area contributed by atoms with Crippen LogP contribution in [0.15, 0.2) is 34.7 Å². The maximum Gasteiger partial charge on any atom is 0.134 e. The number of furan rings is 1. The van der Waals surface area contributed by atoms with Crippen molar-refractivity contribution in [2.75, 3.05) is 13.1 Å². The van der Waals surface area contributed by atoms with Gasteiger partial charge in [0, 0.05) is 24.5 Å². The lowest BCUT2D eigenvalue weighted by atomic mass is 10.0. The summed E-state index contributed by atoms with van der Waals surface area (Å²) in [5.74, 6) is 1.06. The van der Waals surface area contributed by atoms with Crippen LogP contribution in [-0.2, 0) is 0 Å². The Morgan fingerprint density at radius 3 is 2.72 bits per heavy atom. The number of likely N-dealkylation sites (tertiary alicyclic amines) is 1. The lowest BCUT2D eigenvalue weighted by Gasteiger charge is -2.33. The molecule has 3 rings (SSSR count). The third-order valence-corrected chi connectivity index (χ3v) is 3.98. The molecule has 1 aromatic heterocycles. The van der Waals surface area contributed by atoms with Crippen LogP contribution in [-0.4, -0.2) is 24.0 Å². The molecule has 2 heterocycles. The van der Waals surface area contributed by atoms with E-state index in [1.807, 2.05) is 18.2 Å². The molecule has 0 spiro atoms. The van der Waals surface area contributed by atoms with Crippen LogP contribution in [0.25, 0.3) is 11.0 Å². The Labute approximate surface area is 108 Å². The number of piperidine rings is 1. The van der Waals surface area contributed by atoms with E-state index in [1.165, 1.54) is 5.39 Å². The van der Waals surface area contributed by atoms with Crippen LogP contribution in [0, 0.1) is 0 Å². The molecule has 96 valence electrons. The minimum atomic E-state index is 0.338. The van der Waals surface area contributed by atoms with Crippen LogP contribution in [0.1, 0.15) is 31.6 Å². The molecule has 1 saturated heterocycles. The van der Waals surface area contributed by atoms with Gasteiger partial charge in [0.15, 0.2) is 0 Å². The lowest BCUT2D eigenvalue weighted by Crippen LogP contribution is -2.40. The fraction of sp³-hybridized carbons (Fsp3) is 0.467. The minimum absolute atomic E-state index is 0.338. The largest absolute Gasteiger partial charge is 0.459 e. The normalized spacial score (nSPS) is 20.3. The molecule has 18 heavy (non-hydrogen) atoms. The Hall–Kier alpha value is -1.32. The summed E-state index contributed by atoms with van der Waals surface area (Å²) in [7, 11) is 0. The van der Waals surface area contributed by atoms with Crippen LogP contribution < -0.4 is 5.73 Å². The molecule has 1 aliphatic heterocycles. The van der Waals surface area contributed by atoms with Gasteiger partial charge >= 0.3 is 0 Å². The van der Waals surface area contributed by atoms with Crippen molar-refractivity contribution in [3.05, 3.63) is 36.1 Å². The Bertz CT molecular complexity index is 493. The summed E-state index contributed by atoms with van der Waals surface area (Å²) in [6.07, 6.45) is 2.18. The number of hydrogen-bond acceptors (Lipinski definition) is 3. The van der Waals surface area contributed by atoms with Gasteiger partial charge in [-0.05, 0) is 31.9 Å². The molecule has 0 amide bonds. The summed E-state index contributed by atoms with van der Waals surface area (Å²) < 4.78 is 5.94. The molecule has 3 nitrogen and oxygen atoms in total. The molecule has 1 aliphatic rings. The molecule has 1 aromatic carbocycles. The predicted octanol–water partition coefficient (Wildman–Crippen LogP) is 2.92. The van der Waals surface area contributed by atoms with Crippen LogP contribution in [0.2, 0.25) is 0 Å². The first-order valence-electron chi connectivity index (χ1n) is 6.72. The molecule has 1 atom stereocenters. The molecule has 0 bridgehead atoms. The number of rotatable bonds is 2. The van der Waals surface area contributed by atoms with Crippen molar-refractivity contribution in [2.45, 2.75) is 31.8 Å². The standard InChI is InChI=1S/C15H20N2O/c1-11(17-8-6-13(16)7-9-17)15-10-12-4-2-3-5-14(12)18-15/h2-5,10-11,13H,6-9,16H2,1H3. The Balaban J connectivity index is 1.81. The molecule has 1 fully saturated rings. The van der Waals surface area contributed by atoms with Gasteiger partial charge in [0.1, 0.15) is 11.3 Å². The summed E-state index contributed by atoms with van der Waals surface area (Å²) in [5.41, 5.74) is 6.93. The molecule has 0 radical (unpaired) electrons. The SMILES string of the molecule is CC(c1cc2ccccc2o1)N1CCC(N)CC1. The van der Waals surface area contributed by atoms with Gasteiger partial charge in [-0.15, -0.1) is 0 Å². The van der Waals surface area contributed by atoms with E-state index in [0.29, 0.717) is 12.1 Å². The molecule has 0 saturated carbocycles. The van der Waals surface area contributed by atoms with E-state index in [2.05, 4.69) is 24.0 Å². The highest BCUT2D eigenvalue weighted by Crippen LogP contribution is 2.28. The molecule has 2 aromatic rings. The highest BCUT2D eigenvalue weighted by atomic mass is 16.3. The summed E-state index contributed by atoms with van der Waals surface area (Å²) in [5, 5.41) is 1.19. The van der Waals surface area contributed by atoms with Gasteiger partial charge < -0.3 is 10.2 Å². The molecule has 3 heteroatoms. The van der Waals surface area contributed by atoms with Gasteiger partial charge in [0.05, 0.1) is 6.04 Å². The van der Waals surface area contributed by atoms with E-state index >= 15 is 0 Å². The molecule has 2 N–H and O–H groups in total. The van der Waals surface area contributed by atoms with Gasteiger partial charge in [-0.3, -0.25) is 4.90 Å². The van der Waals surface area contributed by atoms with E-state index in [9.17, 15) is 0 Å². The van der Waals surface area contributed by atoms with Gasteiger partial charge in [0.2, 0.25) is 0 Å². The number of fused-ring (bicyclic) bond motifs is 1. The van der Waals surface area contributed by atoms with E-state index in [4.69, 9.17) is 10.2 Å². The van der Waals surface area contributed by atoms with Crippen molar-refractivity contribution >= 4 is 11.0 Å². The van der Waals surface area contributed by atoms with Crippen LogP contribution in [0.3, 0.4) is 0 Å². The number of benzene rings is 1. The van der Waals surface area contributed by atoms with E-state index in [0.717, 1.165) is 37.3 Å². The fourth-order valence-electron chi connectivity index (χ4n) is 2.69. The quantitative estimate of drug-likeness (QED) is 0.883. The second-order valence-electron chi connectivity index (χ2n) is 5.24. The summed E-state index contributed by atoms with van der Waals surface area (Å²) >= 11 is 0. The first-order valence-corrected chi connectivity index (χ1v) is 6.72. The first kappa shape index (κ1) is 11.8.